The smallest absolute Gasteiger partial charge is 0.336 e. The van der Waals surface area contributed by atoms with E-state index in [1.54, 1.807) is 6.07 Å². The van der Waals surface area contributed by atoms with Crippen LogP contribution in [0.1, 0.15) is 5.56 Å². The second-order valence-electron chi connectivity index (χ2n) is 3.10. The van der Waals surface area contributed by atoms with Crippen molar-refractivity contribution in [3.63, 3.8) is 0 Å². The molecular formula is C11H9NO3. The van der Waals surface area contributed by atoms with E-state index in [1.807, 2.05) is 0 Å². The highest BCUT2D eigenvalue weighted by Gasteiger charge is 2.09. The number of rotatable bonds is 1. The van der Waals surface area contributed by atoms with Gasteiger partial charge in [-0.15, -0.1) is 0 Å². The van der Waals surface area contributed by atoms with Gasteiger partial charge in [-0.2, -0.15) is 0 Å². The van der Waals surface area contributed by atoms with Crippen LogP contribution in [-0.4, -0.2) is 5.11 Å². The van der Waals surface area contributed by atoms with Crippen molar-refractivity contribution in [1.29, 1.82) is 0 Å². The summed E-state index contributed by atoms with van der Waals surface area (Å²) < 4.78 is 4.93. The van der Waals surface area contributed by atoms with Crippen LogP contribution < -0.4 is 11.4 Å². The highest BCUT2D eigenvalue weighted by atomic mass is 16.4. The van der Waals surface area contributed by atoms with Crippen LogP contribution in [0.15, 0.2) is 34.0 Å². The Morgan fingerprint density at radius 2 is 2.20 bits per heavy atom. The van der Waals surface area contributed by atoms with Gasteiger partial charge in [-0.05, 0) is 17.7 Å². The first-order valence-electron chi connectivity index (χ1n) is 4.31. The number of nitrogens with two attached hydrogens (primary N) is 1. The molecule has 0 aliphatic heterocycles. The second kappa shape index (κ2) is 3.16. The summed E-state index contributed by atoms with van der Waals surface area (Å²) in [5, 5.41) is 10.0. The number of benzene rings is 1. The average Bonchev–Trinajstić information content (AvgIpc) is 2.23. The maximum Gasteiger partial charge on any atom is 0.336 e. The Morgan fingerprint density at radius 3 is 2.87 bits per heavy atom. The number of anilines is 1. The van der Waals surface area contributed by atoms with Gasteiger partial charge >= 0.3 is 5.63 Å². The molecular weight excluding hydrogens is 194 g/mol. The van der Waals surface area contributed by atoms with E-state index in [2.05, 4.69) is 6.58 Å². The number of aromatic hydroxyl groups is 1. The molecule has 0 fully saturated rings. The van der Waals surface area contributed by atoms with Crippen molar-refractivity contribution in [2.24, 2.45) is 0 Å². The zero-order chi connectivity index (χ0) is 11.0. The predicted octanol–water partition coefficient (Wildman–Crippen LogP) is 1.72. The van der Waals surface area contributed by atoms with E-state index in [-0.39, 0.29) is 17.0 Å². The summed E-state index contributed by atoms with van der Waals surface area (Å²) in [5.74, 6) is -0.105. The van der Waals surface area contributed by atoms with Crippen molar-refractivity contribution in [3.8, 4) is 5.75 Å². The maximum absolute atomic E-state index is 11.2. The molecule has 0 unspecified atom stereocenters. The van der Waals surface area contributed by atoms with Crippen LogP contribution in [0, 0.1) is 0 Å². The van der Waals surface area contributed by atoms with Gasteiger partial charge < -0.3 is 15.3 Å². The first-order valence-corrected chi connectivity index (χ1v) is 4.31. The molecule has 1 aromatic carbocycles. The topological polar surface area (TPSA) is 76.5 Å². The van der Waals surface area contributed by atoms with Crippen molar-refractivity contribution in [3.05, 3.63) is 40.8 Å². The Morgan fingerprint density at radius 1 is 1.47 bits per heavy atom. The SMILES string of the molecule is C=Cc1cc(=O)oc2c(N)c(O)ccc12. The molecule has 0 spiro atoms. The van der Waals surface area contributed by atoms with E-state index in [1.165, 1.54) is 18.2 Å². The van der Waals surface area contributed by atoms with E-state index in [4.69, 9.17) is 10.2 Å². The maximum atomic E-state index is 11.2. The molecule has 4 nitrogen and oxygen atoms in total. The monoisotopic (exact) mass is 203 g/mol. The fourth-order valence-corrected chi connectivity index (χ4v) is 1.43. The summed E-state index contributed by atoms with van der Waals surface area (Å²) in [5.41, 5.74) is 5.96. The third-order valence-electron chi connectivity index (χ3n) is 2.18. The summed E-state index contributed by atoms with van der Waals surface area (Å²) in [6.07, 6.45) is 1.54. The molecule has 15 heavy (non-hydrogen) atoms. The lowest BCUT2D eigenvalue weighted by atomic mass is 10.1. The van der Waals surface area contributed by atoms with Crippen LogP contribution in [0.25, 0.3) is 17.0 Å². The highest BCUT2D eigenvalue weighted by Crippen LogP contribution is 2.30. The number of nitrogen functional groups attached to an aromatic ring is 1. The number of phenols is 1. The van der Waals surface area contributed by atoms with E-state index in [9.17, 15) is 9.90 Å². The fraction of sp³-hybridized carbons (Fsp3) is 0. The van der Waals surface area contributed by atoms with E-state index >= 15 is 0 Å². The lowest BCUT2D eigenvalue weighted by Crippen LogP contribution is -2.00. The summed E-state index contributed by atoms with van der Waals surface area (Å²) in [4.78, 5) is 11.2. The van der Waals surface area contributed by atoms with Gasteiger partial charge in [-0.3, -0.25) is 0 Å². The van der Waals surface area contributed by atoms with Crippen LogP contribution in [0.5, 0.6) is 5.75 Å². The predicted molar refractivity (Wildman–Crippen MR) is 58.7 cm³/mol. The minimum absolute atomic E-state index is 0.0632. The van der Waals surface area contributed by atoms with E-state index in [0.717, 1.165) is 0 Å². The number of fused-ring (bicyclic) bond motifs is 1. The van der Waals surface area contributed by atoms with Crippen LogP contribution >= 0.6 is 0 Å². The third-order valence-corrected chi connectivity index (χ3v) is 2.18. The minimum atomic E-state index is -0.519. The van der Waals surface area contributed by atoms with Crippen molar-refractivity contribution in [2.45, 2.75) is 0 Å². The average molecular weight is 203 g/mol. The Balaban J connectivity index is 3.02. The largest absolute Gasteiger partial charge is 0.506 e. The molecule has 1 heterocycles. The Kier molecular flexibility index (Phi) is 1.97. The molecule has 0 saturated carbocycles. The molecule has 4 heteroatoms. The first kappa shape index (κ1) is 9.33. The third kappa shape index (κ3) is 1.36. The summed E-state index contributed by atoms with van der Waals surface area (Å²) >= 11 is 0. The summed E-state index contributed by atoms with van der Waals surface area (Å²) in [6, 6.07) is 4.40. The molecule has 0 aliphatic carbocycles. The lowest BCUT2D eigenvalue weighted by Gasteiger charge is -2.04. The van der Waals surface area contributed by atoms with Crippen molar-refractivity contribution >= 4 is 22.7 Å². The molecule has 0 radical (unpaired) electrons. The molecule has 3 N–H and O–H groups in total. The zero-order valence-electron chi connectivity index (χ0n) is 7.86. The quantitative estimate of drug-likeness (QED) is 0.420. The molecule has 0 saturated heterocycles. The van der Waals surface area contributed by atoms with Gasteiger partial charge in [-0.1, -0.05) is 12.7 Å². The Labute approximate surface area is 85.3 Å². The van der Waals surface area contributed by atoms with Crippen molar-refractivity contribution < 1.29 is 9.52 Å². The Bertz CT molecular complexity index is 599. The van der Waals surface area contributed by atoms with Crippen LogP contribution in [0.3, 0.4) is 0 Å². The zero-order valence-corrected chi connectivity index (χ0v) is 7.86. The molecule has 0 bridgehead atoms. The number of hydrogen-bond acceptors (Lipinski definition) is 4. The van der Waals surface area contributed by atoms with E-state index < -0.39 is 5.63 Å². The highest BCUT2D eigenvalue weighted by molar-refractivity contribution is 5.95. The fourth-order valence-electron chi connectivity index (χ4n) is 1.43. The van der Waals surface area contributed by atoms with Gasteiger partial charge in [0.25, 0.3) is 0 Å². The molecule has 0 aliphatic rings. The van der Waals surface area contributed by atoms with Crippen LogP contribution in [-0.2, 0) is 0 Å². The van der Waals surface area contributed by atoms with Gasteiger partial charge in [0.2, 0.25) is 0 Å². The molecule has 2 aromatic rings. The molecule has 1 aromatic heterocycles. The van der Waals surface area contributed by atoms with Crippen LogP contribution in [0.2, 0.25) is 0 Å². The van der Waals surface area contributed by atoms with Gasteiger partial charge in [-0.25, -0.2) is 4.79 Å². The normalized spacial score (nSPS) is 10.4. The number of hydrogen-bond donors (Lipinski definition) is 2. The first-order chi connectivity index (χ1) is 7.13. The summed E-state index contributed by atoms with van der Waals surface area (Å²) in [6.45, 7) is 3.59. The molecule has 0 amide bonds. The van der Waals surface area contributed by atoms with Gasteiger partial charge in [0.1, 0.15) is 11.4 Å². The minimum Gasteiger partial charge on any atom is -0.506 e. The van der Waals surface area contributed by atoms with Gasteiger partial charge in [0.05, 0.1) is 0 Å². The summed E-state index contributed by atoms with van der Waals surface area (Å²) in [7, 11) is 0. The molecule has 0 atom stereocenters. The van der Waals surface area contributed by atoms with E-state index in [0.29, 0.717) is 10.9 Å². The van der Waals surface area contributed by atoms with Crippen molar-refractivity contribution in [1.82, 2.24) is 0 Å². The van der Waals surface area contributed by atoms with Crippen LogP contribution in [0.4, 0.5) is 5.69 Å². The number of phenolic OH excluding ortho intramolecular Hbond substituents is 1. The standard InChI is InChI=1S/C11H9NO3/c1-2-6-5-9(14)15-11-7(6)3-4-8(13)10(11)12/h2-5,13H,1,12H2. The molecule has 2 rings (SSSR count). The lowest BCUT2D eigenvalue weighted by molar-refractivity contribution is 0.476. The Hall–Kier alpha value is -2.23. The second-order valence-corrected chi connectivity index (χ2v) is 3.10. The molecule has 76 valence electrons. The van der Waals surface area contributed by atoms with Crippen molar-refractivity contribution in [2.75, 3.05) is 5.73 Å². The van der Waals surface area contributed by atoms with Gasteiger partial charge in [0.15, 0.2) is 5.58 Å². The van der Waals surface area contributed by atoms with Gasteiger partial charge in [0, 0.05) is 11.5 Å².